The Labute approximate surface area is 185 Å². The van der Waals surface area contributed by atoms with E-state index >= 15 is 0 Å². The molecular weight excluding hydrogens is 443 g/mol. The van der Waals surface area contributed by atoms with E-state index in [2.05, 4.69) is 15.0 Å². The van der Waals surface area contributed by atoms with Gasteiger partial charge in [-0.3, -0.25) is 13.6 Å². The Morgan fingerprint density at radius 2 is 2.06 bits per heavy atom. The first-order chi connectivity index (χ1) is 15.1. The summed E-state index contributed by atoms with van der Waals surface area (Å²) in [6.45, 7) is 5.20. The molecule has 32 heavy (non-hydrogen) atoms. The maximum Gasteiger partial charge on any atom is 0.472 e. The fourth-order valence-corrected chi connectivity index (χ4v) is 4.33. The van der Waals surface area contributed by atoms with Crippen LogP contribution in [0.15, 0.2) is 12.7 Å². The van der Waals surface area contributed by atoms with Crippen LogP contribution in [0.5, 0.6) is 0 Å². The van der Waals surface area contributed by atoms with Gasteiger partial charge >= 0.3 is 7.82 Å². The zero-order valence-corrected chi connectivity index (χ0v) is 19.2. The minimum absolute atomic E-state index is 0.0359. The van der Waals surface area contributed by atoms with Gasteiger partial charge in [0, 0.05) is 6.42 Å². The Balaban J connectivity index is 0.000000183. The summed E-state index contributed by atoms with van der Waals surface area (Å²) in [6, 6.07) is 0. The van der Waals surface area contributed by atoms with Crippen LogP contribution in [0.4, 0.5) is 5.82 Å². The Kier molecular flexibility index (Phi) is 8.17. The fourth-order valence-electron chi connectivity index (χ4n) is 3.38. The number of ether oxygens (including phenoxy) is 2. The van der Waals surface area contributed by atoms with Crippen molar-refractivity contribution in [1.82, 2.24) is 19.5 Å². The summed E-state index contributed by atoms with van der Waals surface area (Å²) >= 11 is 0. The normalized spacial score (nSPS) is 29.8. The van der Waals surface area contributed by atoms with E-state index in [1.54, 1.807) is 24.7 Å². The van der Waals surface area contributed by atoms with E-state index in [4.69, 9.17) is 30.0 Å². The molecule has 0 radical (unpaired) electrons. The number of phosphoric acid groups is 1. The van der Waals surface area contributed by atoms with Crippen LogP contribution in [0.1, 0.15) is 46.3 Å². The summed E-state index contributed by atoms with van der Waals surface area (Å²) in [5, 5.41) is 9.68. The SMILES string of the molecule is CC(C)OP(=O)(O)OC[C@@H]1CC[C@H](N)O1.C[C@H]1O[C@@H](n2cnc3c(N)ncnc32)C[C@@H]1O. The van der Waals surface area contributed by atoms with Crippen LogP contribution in [0.3, 0.4) is 0 Å². The van der Waals surface area contributed by atoms with Gasteiger partial charge in [0.1, 0.15) is 24.3 Å². The number of phosphoric ester groups is 1. The number of aromatic nitrogens is 4. The van der Waals surface area contributed by atoms with Gasteiger partial charge in [0.2, 0.25) is 0 Å². The maximum absolute atomic E-state index is 11.3. The highest BCUT2D eigenvalue weighted by Crippen LogP contribution is 2.45. The minimum atomic E-state index is -3.94. The monoisotopic (exact) mass is 474 g/mol. The maximum atomic E-state index is 11.3. The highest BCUT2D eigenvalue weighted by Gasteiger charge is 2.33. The molecule has 0 saturated carbocycles. The first-order valence-electron chi connectivity index (χ1n) is 10.4. The predicted octanol–water partition coefficient (Wildman–Crippen LogP) is 1.07. The number of aliphatic hydroxyl groups excluding tert-OH is 1. The topological polar surface area (TPSA) is 190 Å². The van der Waals surface area contributed by atoms with E-state index in [1.165, 1.54) is 6.33 Å². The van der Waals surface area contributed by atoms with Crippen LogP contribution in [-0.4, -0.2) is 66.8 Å². The molecule has 0 aliphatic carbocycles. The third-order valence-electron chi connectivity index (χ3n) is 4.96. The average molecular weight is 474 g/mol. The van der Waals surface area contributed by atoms with Crippen LogP contribution in [0.2, 0.25) is 0 Å². The Morgan fingerprint density at radius 1 is 1.31 bits per heavy atom. The minimum Gasteiger partial charge on any atom is -0.390 e. The second-order valence-corrected chi connectivity index (χ2v) is 9.38. The second kappa shape index (κ2) is 10.5. The number of nitrogens with zero attached hydrogens (tertiary/aromatic N) is 4. The van der Waals surface area contributed by atoms with Crippen LogP contribution >= 0.6 is 7.82 Å². The highest BCUT2D eigenvalue weighted by atomic mass is 31.2. The molecule has 2 aromatic rings. The zero-order chi connectivity index (χ0) is 23.5. The molecule has 13 nitrogen and oxygen atoms in total. The summed E-state index contributed by atoms with van der Waals surface area (Å²) in [6.07, 6.45) is 3.27. The second-order valence-electron chi connectivity index (χ2n) is 7.97. The van der Waals surface area contributed by atoms with Gasteiger partial charge in [-0.1, -0.05) is 0 Å². The van der Waals surface area contributed by atoms with Crippen LogP contribution < -0.4 is 11.5 Å². The van der Waals surface area contributed by atoms with E-state index in [0.29, 0.717) is 23.4 Å². The van der Waals surface area contributed by atoms with Crippen molar-refractivity contribution in [2.24, 2.45) is 5.73 Å². The predicted molar refractivity (Wildman–Crippen MR) is 114 cm³/mol. The molecule has 4 rings (SSSR count). The van der Waals surface area contributed by atoms with E-state index in [0.717, 1.165) is 12.8 Å². The van der Waals surface area contributed by atoms with Gasteiger partial charge in [-0.2, -0.15) is 0 Å². The average Bonchev–Trinajstić information content (AvgIpc) is 3.40. The summed E-state index contributed by atoms with van der Waals surface area (Å²) in [5.74, 6) is 0.348. The van der Waals surface area contributed by atoms with Gasteiger partial charge in [-0.05, 0) is 33.6 Å². The van der Waals surface area contributed by atoms with E-state index in [-0.39, 0.29) is 37.4 Å². The third kappa shape index (κ3) is 6.42. The standard InChI is InChI=1S/C10H13N5O2.C8H18NO5P/c1-5-6(16)2-7(17-5)15-4-14-8-9(11)12-3-13-10(8)15;1-6(2)14-15(10,11)12-5-7-3-4-8(9)13-7/h3-7,16H,2H2,1H3,(H2,11,12,13);6-8H,3-5,9H2,1-2H3,(H,10,11)/t5-,6+,7-;7-,8+/m10/s1. The van der Waals surface area contributed by atoms with Crippen molar-refractivity contribution < 1.29 is 33.1 Å². The zero-order valence-electron chi connectivity index (χ0n) is 18.3. The molecule has 6 atom stereocenters. The molecule has 1 unspecified atom stereocenters. The number of imidazole rings is 1. The lowest BCUT2D eigenvalue weighted by atomic mass is 10.2. The van der Waals surface area contributed by atoms with E-state index in [1.807, 2.05) is 6.92 Å². The fraction of sp³-hybridized carbons (Fsp3) is 0.722. The number of anilines is 1. The van der Waals surface area contributed by atoms with Gasteiger partial charge in [0.15, 0.2) is 11.5 Å². The summed E-state index contributed by atoms with van der Waals surface area (Å²) in [4.78, 5) is 21.4. The Hall–Kier alpha value is -1.70. The Morgan fingerprint density at radius 3 is 2.66 bits per heavy atom. The van der Waals surface area contributed by atoms with Gasteiger partial charge in [0.25, 0.3) is 0 Å². The molecule has 2 aliphatic heterocycles. The molecule has 0 amide bonds. The van der Waals surface area contributed by atoms with Crippen molar-refractivity contribution >= 4 is 24.8 Å². The number of aliphatic hydroxyl groups is 1. The lowest BCUT2D eigenvalue weighted by Gasteiger charge is -2.16. The number of nitrogen functional groups attached to an aromatic ring is 1. The summed E-state index contributed by atoms with van der Waals surface area (Å²) in [5.41, 5.74) is 12.4. The molecule has 2 saturated heterocycles. The quantitative estimate of drug-likeness (QED) is 0.436. The molecule has 0 bridgehead atoms. The third-order valence-corrected chi connectivity index (χ3v) is 6.13. The van der Waals surface area contributed by atoms with Crippen molar-refractivity contribution in [2.75, 3.05) is 12.3 Å². The van der Waals surface area contributed by atoms with Crippen LogP contribution in [0, 0.1) is 0 Å². The number of nitrogens with two attached hydrogens (primary N) is 2. The molecule has 6 N–H and O–H groups in total. The lowest BCUT2D eigenvalue weighted by Crippen LogP contribution is -2.22. The molecule has 2 fully saturated rings. The molecule has 180 valence electrons. The first-order valence-corrected chi connectivity index (χ1v) is 11.9. The number of hydrogen-bond donors (Lipinski definition) is 4. The van der Waals surface area contributed by atoms with E-state index < -0.39 is 13.9 Å². The van der Waals surface area contributed by atoms with Crippen LogP contribution in [0.25, 0.3) is 11.2 Å². The van der Waals surface area contributed by atoms with Crippen molar-refractivity contribution in [3.8, 4) is 0 Å². The summed E-state index contributed by atoms with van der Waals surface area (Å²) in [7, 11) is -3.94. The van der Waals surface area contributed by atoms with Gasteiger partial charge in [0.05, 0.1) is 37.4 Å². The van der Waals surface area contributed by atoms with Gasteiger partial charge in [-0.25, -0.2) is 19.5 Å². The highest BCUT2D eigenvalue weighted by molar-refractivity contribution is 7.47. The first kappa shape index (κ1) is 24.9. The molecule has 0 spiro atoms. The van der Waals surface area contributed by atoms with Crippen molar-refractivity contribution in [3.63, 3.8) is 0 Å². The number of rotatable bonds is 6. The lowest BCUT2D eigenvalue weighted by molar-refractivity contribution is -0.00632. The molecule has 0 aromatic carbocycles. The number of fused-ring (bicyclic) bond motifs is 1. The van der Waals surface area contributed by atoms with Gasteiger partial charge < -0.3 is 30.9 Å². The van der Waals surface area contributed by atoms with Crippen molar-refractivity contribution in [3.05, 3.63) is 12.7 Å². The smallest absolute Gasteiger partial charge is 0.390 e. The summed E-state index contributed by atoms with van der Waals surface area (Å²) < 4.78 is 33.4. The molecule has 2 aliphatic rings. The van der Waals surface area contributed by atoms with Crippen molar-refractivity contribution in [1.29, 1.82) is 0 Å². The van der Waals surface area contributed by atoms with Gasteiger partial charge in [-0.15, -0.1) is 0 Å². The number of hydrogen-bond acceptors (Lipinski definition) is 11. The van der Waals surface area contributed by atoms with E-state index in [9.17, 15) is 14.6 Å². The Bertz CT molecular complexity index is 934. The molecule has 2 aromatic heterocycles. The van der Waals surface area contributed by atoms with Crippen molar-refractivity contribution in [2.45, 2.75) is 76.9 Å². The molecule has 4 heterocycles. The largest absolute Gasteiger partial charge is 0.472 e. The molecular formula is C18H31N6O7P. The van der Waals surface area contributed by atoms with Crippen LogP contribution in [-0.2, 0) is 23.1 Å². The molecule has 14 heteroatoms.